The molecule has 5 aromatic rings. The fraction of sp³-hybridized carbons (Fsp3) is 0.0385. The number of benzene rings is 3. The Hall–Kier alpha value is -3.92. The molecule has 0 aliphatic rings. The van der Waals surface area contributed by atoms with Gasteiger partial charge in [0.2, 0.25) is 0 Å². The molecule has 2 heterocycles. The molecular weight excluding hydrogens is 533 g/mol. The summed E-state index contributed by atoms with van der Waals surface area (Å²) in [4.78, 5) is 14.5. The number of rotatable bonds is 8. The Balaban J connectivity index is 1.41. The smallest absolute Gasteiger partial charge is 0.400 e. The van der Waals surface area contributed by atoms with Crippen molar-refractivity contribution >= 4 is 52.7 Å². The summed E-state index contributed by atoms with van der Waals surface area (Å²) in [7, 11) is 0. The van der Waals surface area contributed by atoms with Gasteiger partial charge in [0.1, 0.15) is 4.92 Å². The Kier molecular flexibility index (Phi) is 7.36. The molecule has 0 saturated heterocycles. The molecule has 0 amide bonds. The summed E-state index contributed by atoms with van der Waals surface area (Å²) >= 11 is 13.9. The fourth-order valence-electron chi connectivity index (χ4n) is 3.49. The van der Waals surface area contributed by atoms with Crippen molar-refractivity contribution in [2.24, 2.45) is 4.99 Å². The van der Waals surface area contributed by atoms with E-state index in [0.29, 0.717) is 38.2 Å². The first-order valence-electron chi connectivity index (χ1n) is 10.9. The maximum atomic E-state index is 10.8. The zero-order chi connectivity index (χ0) is 25.8. The van der Waals surface area contributed by atoms with Crippen LogP contribution in [0.15, 0.2) is 99.5 Å². The van der Waals surface area contributed by atoms with Gasteiger partial charge in [0.25, 0.3) is 0 Å². The zero-order valence-corrected chi connectivity index (χ0v) is 21.3. The quantitative estimate of drug-likeness (QED) is 0.0847. The minimum atomic E-state index is -0.592. The molecule has 0 N–H and O–H groups in total. The van der Waals surface area contributed by atoms with E-state index in [1.54, 1.807) is 6.07 Å². The predicted molar refractivity (Wildman–Crippen MR) is 145 cm³/mol. The van der Waals surface area contributed by atoms with Crippen LogP contribution in [0.2, 0.25) is 10.0 Å². The van der Waals surface area contributed by atoms with Gasteiger partial charge < -0.3 is 4.42 Å². The van der Waals surface area contributed by atoms with Crippen LogP contribution in [0.4, 0.5) is 11.6 Å². The number of hydrogen-bond donors (Lipinski definition) is 0. The highest BCUT2D eigenvalue weighted by Crippen LogP contribution is 2.32. The van der Waals surface area contributed by atoms with Gasteiger partial charge in [-0.1, -0.05) is 59.2 Å². The number of para-hydroxylation sites is 1. The van der Waals surface area contributed by atoms with Crippen molar-refractivity contribution in [2.45, 2.75) is 10.9 Å². The third-order valence-corrected chi connectivity index (χ3v) is 6.84. The molecule has 0 radical (unpaired) electrons. The second-order valence-corrected chi connectivity index (χ2v) is 9.53. The minimum absolute atomic E-state index is 0.294. The largest absolute Gasteiger partial charge is 0.433 e. The van der Waals surface area contributed by atoms with Crippen LogP contribution >= 0.6 is 35.0 Å². The lowest BCUT2D eigenvalue weighted by molar-refractivity contribution is -0.402. The average molecular weight is 550 g/mol. The summed E-state index contributed by atoms with van der Waals surface area (Å²) in [6.45, 7) is 0. The van der Waals surface area contributed by atoms with Gasteiger partial charge in [0.05, 0.1) is 18.0 Å². The summed E-state index contributed by atoms with van der Waals surface area (Å²) in [5.41, 5.74) is 3.37. The van der Waals surface area contributed by atoms with E-state index in [9.17, 15) is 10.1 Å². The Labute approximate surface area is 225 Å². The van der Waals surface area contributed by atoms with Crippen molar-refractivity contribution in [3.05, 3.63) is 116 Å². The van der Waals surface area contributed by atoms with Crippen molar-refractivity contribution in [1.82, 2.24) is 14.8 Å². The minimum Gasteiger partial charge on any atom is -0.400 e. The molecule has 0 bridgehead atoms. The standard InChI is InChI=1S/C26H17Cl2N5O3S/c27-19-9-6-18(23(28)14-19)16-37-26-31-30-25(32(26)21-4-2-1-3-5-21)17-7-10-20(11-8-17)29-15-22-12-13-24(36-22)33(34)35/h1-15H,16H2. The van der Waals surface area contributed by atoms with Gasteiger partial charge in [-0.3, -0.25) is 19.7 Å². The number of aliphatic imine (C=N–C) groups is 1. The van der Waals surface area contributed by atoms with Crippen molar-refractivity contribution in [1.29, 1.82) is 0 Å². The second kappa shape index (κ2) is 11.0. The first-order valence-corrected chi connectivity index (χ1v) is 12.7. The van der Waals surface area contributed by atoms with Crippen molar-refractivity contribution in [2.75, 3.05) is 0 Å². The van der Waals surface area contributed by atoms with Crippen LogP contribution in [0, 0.1) is 10.1 Å². The number of nitrogens with zero attached hydrogens (tertiary/aromatic N) is 5. The predicted octanol–water partition coefficient (Wildman–Crippen LogP) is 7.79. The Morgan fingerprint density at radius 2 is 1.78 bits per heavy atom. The van der Waals surface area contributed by atoms with E-state index < -0.39 is 4.92 Å². The molecule has 11 heteroatoms. The maximum Gasteiger partial charge on any atom is 0.433 e. The third-order valence-electron chi connectivity index (χ3n) is 5.28. The van der Waals surface area contributed by atoms with Crippen molar-refractivity contribution in [3.8, 4) is 17.1 Å². The summed E-state index contributed by atoms with van der Waals surface area (Å²) in [5.74, 6) is 1.23. The van der Waals surface area contributed by atoms with Crippen LogP contribution in [0.1, 0.15) is 11.3 Å². The summed E-state index contributed by atoms with van der Waals surface area (Å²) in [6, 6.07) is 25.5. The first kappa shape index (κ1) is 24.8. The van der Waals surface area contributed by atoms with Gasteiger partial charge >= 0.3 is 5.88 Å². The molecule has 0 saturated carbocycles. The Morgan fingerprint density at radius 1 is 1.00 bits per heavy atom. The molecule has 184 valence electrons. The number of nitro groups is 1. The Bertz CT molecular complexity index is 1580. The molecule has 0 unspecified atom stereocenters. The molecule has 3 aromatic carbocycles. The Morgan fingerprint density at radius 3 is 2.49 bits per heavy atom. The summed E-state index contributed by atoms with van der Waals surface area (Å²) in [6.07, 6.45) is 1.44. The lowest BCUT2D eigenvalue weighted by atomic mass is 10.2. The molecule has 0 spiro atoms. The van der Waals surface area contributed by atoms with E-state index in [2.05, 4.69) is 15.2 Å². The lowest BCUT2D eigenvalue weighted by Crippen LogP contribution is -1.99. The van der Waals surface area contributed by atoms with Crippen molar-refractivity contribution < 1.29 is 9.34 Å². The van der Waals surface area contributed by atoms with E-state index in [1.807, 2.05) is 71.3 Å². The lowest BCUT2D eigenvalue weighted by Gasteiger charge is -2.11. The molecule has 2 aromatic heterocycles. The van der Waals surface area contributed by atoms with E-state index in [0.717, 1.165) is 16.8 Å². The number of aromatic nitrogens is 3. The van der Waals surface area contributed by atoms with Crippen molar-refractivity contribution in [3.63, 3.8) is 0 Å². The topological polar surface area (TPSA) is 99.4 Å². The van der Waals surface area contributed by atoms with Crippen LogP contribution in [0.25, 0.3) is 17.1 Å². The van der Waals surface area contributed by atoms with Gasteiger partial charge in [0, 0.05) is 27.0 Å². The van der Waals surface area contributed by atoms with Crippen LogP contribution in [0.5, 0.6) is 0 Å². The SMILES string of the molecule is O=[N+]([O-])c1ccc(C=Nc2ccc(-c3nnc(SCc4ccc(Cl)cc4Cl)n3-c3ccccc3)cc2)o1. The van der Waals surface area contributed by atoms with Crippen LogP contribution in [0.3, 0.4) is 0 Å². The van der Waals surface area contributed by atoms with Gasteiger partial charge in [-0.25, -0.2) is 0 Å². The van der Waals surface area contributed by atoms with Gasteiger partial charge in [0.15, 0.2) is 16.7 Å². The van der Waals surface area contributed by atoms with Crippen LogP contribution < -0.4 is 0 Å². The van der Waals surface area contributed by atoms with Gasteiger partial charge in [-0.2, -0.15) is 0 Å². The number of furan rings is 1. The normalized spacial score (nSPS) is 11.3. The van der Waals surface area contributed by atoms with E-state index in [-0.39, 0.29) is 5.88 Å². The van der Waals surface area contributed by atoms with Crippen LogP contribution in [-0.2, 0) is 5.75 Å². The zero-order valence-electron chi connectivity index (χ0n) is 19.0. The molecular formula is C26H17Cl2N5O3S. The first-order chi connectivity index (χ1) is 18.0. The highest BCUT2D eigenvalue weighted by atomic mass is 35.5. The highest BCUT2D eigenvalue weighted by molar-refractivity contribution is 7.98. The third kappa shape index (κ3) is 5.75. The molecule has 0 aliphatic heterocycles. The molecule has 0 fully saturated rings. The molecule has 37 heavy (non-hydrogen) atoms. The van der Waals surface area contributed by atoms with E-state index >= 15 is 0 Å². The summed E-state index contributed by atoms with van der Waals surface area (Å²) in [5, 5.41) is 21.6. The van der Waals surface area contributed by atoms with Crippen LogP contribution in [-0.4, -0.2) is 25.9 Å². The summed E-state index contributed by atoms with van der Waals surface area (Å²) < 4.78 is 7.10. The molecule has 5 rings (SSSR count). The monoisotopic (exact) mass is 549 g/mol. The number of thioether (sulfide) groups is 1. The second-order valence-electron chi connectivity index (χ2n) is 7.74. The van der Waals surface area contributed by atoms with Gasteiger partial charge in [-0.15, -0.1) is 10.2 Å². The average Bonchev–Trinajstić information content (AvgIpc) is 3.55. The highest BCUT2D eigenvalue weighted by Gasteiger charge is 2.17. The number of hydrogen-bond acceptors (Lipinski definition) is 7. The molecule has 8 nitrogen and oxygen atoms in total. The van der Waals surface area contributed by atoms with E-state index in [1.165, 1.54) is 30.1 Å². The fourth-order valence-corrected chi connectivity index (χ4v) is 5.00. The van der Waals surface area contributed by atoms with Gasteiger partial charge in [-0.05, 0) is 60.2 Å². The van der Waals surface area contributed by atoms with E-state index in [4.69, 9.17) is 27.6 Å². The maximum absolute atomic E-state index is 10.8. The molecule has 0 atom stereocenters. The number of halogens is 2. The molecule has 0 aliphatic carbocycles.